The van der Waals surface area contributed by atoms with Crippen molar-refractivity contribution < 1.29 is 9.53 Å². The number of benzene rings is 1. The van der Waals surface area contributed by atoms with Crippen molar-refractivity contribution in [3.63, 3.8) is 0 Å². The van der Waals surface area contributed by atoms with Gasteiger partial charge in [-0.1, -0.05) is 19.9 Å². The van der Waals surface area contributed by atoms with Gasteiger partial charge in [-0.15, -0.1) is 0 Å². The van der Waals surface area contributed by atoms with E-state index in [0.717, 1.165) is 18.7 Å². The van der Waals surface area contributed by atoms with Crippen LogP contribution in [0.1, 0.15) is 37.6 Å². The van der Waals surface area contributed by atoms with Crippen molar-refractivity contribution >= 4 is 11.6 Å². The average molecular weight is 262 g/mol. The molecular weight excluding hydrogens is 240 g/mol. The van der Waals surface area contributed by atoms with Crippen LogP contribution in [0.5, 0.6) is 5.75 Å². The van der Waals surface area contributed by atoms with Crippen LogP contribution < -0.4 is 15.4 Å². The Hall–Kier alpha value is -1.71. The molecule has 1 heterocycles. The first kappa shape index (κ1) is 13.7. The fourth-order valence-electron chi connectivity index (χ4n) is 2.42. The van der Waals surface area contributed by atoms with Crippen LogP contribution in [-0.2, 0) is 0 Å². The molecule has 0 radical (unpaired) electrons. The van der Waals surface area contributed by atoms with Crippen LogP contribution in [0.2, 0.25) is 0 Å². The first-order chi connectivity index (χ1) is 9.08. The van der Waals surface area contributed by atoms with Gasteiger partial charge < -0.3 is 15.4 Å². The summed E-state index contributed by atoms with van der Waals surface area (Å²) in [7, 11) is 0. The molecule has 1 aliphatic rings. The zero-order valence-corrected chi connectivity index (χ0v) is 11.8. The Morgan fingerprint density at radius 1 is 1.42 bits per heavy atom. The van der Waals surface area contributed by atoms with E-state index < -0.39 is 0 Å². The van der Waals surface area contributed by atoms with Gasteiger partial charge in [-0.3, -0.25) is 4.79 Å². The summed E-state index contributed by atoms with van der Waals surface area (Å²) in [6.07, 6.45) is 0.972. The summed E-state index contributed by atoms with van der Waals surface area (Å²) < 4.78 is 5.62. The van der Waals surface area contributed by atoms with Crippen LogP contribution in [-0.4, -0.2) is 25.1 Å². The molecule has 0 fully saturated rings. The van der Waals surface area contributed by atoms with E-state index in [1.54, 1.807) is 0 Å². The molecule has 0 saturated carbocycles. The Bertz CT molecular complexity index is 457. The monoisotopic (exact) mass is 262 g/mol. The van der Waals surface area contributed by atoms with Gasteiger partial charge >= 0.3 is 0 Å². The summed E-state index contributed by atoms with van der Waals surface area (Å²) in [6, 6.07) is 5.79. The molecule has 19 heavy (non-hydrogen) atoms. The Morgan fingerprint density at radius 2 is 2.21 bits per heavy atom. The molecule has 2 rings (SSSR count). The Labute approximate surface area is 114 Å². The van der Waals surface area contributed by atoms with Crippen molar-refractivity contribution in [2.45, 2.75) is 33.2 Å². The first-order valence-corrected chi connectivity index (χ1v) is 6.88. The van der Waals surface area contributed by atoms with Crippen LogP contribution in [0, 0.1) is 5.92 Å². The first-order valence-electron chi connectivity index (χ1n) is 6.88. The molecule has 1 amide bonds. The number of rotatable bonds is 4. The summed E-state index contributed by atoms with van der Waals surface area (Å²) in [5.41, 5.74) is 1.51. The number of fused-ring (bicyclic) bond motifs is 1. The standard InChI is InChI=1S/C15H22N2O2/c1-10(2)9-11(3)17-15(18)12-5-4-6-13-14(12)19-8-7-16-13/h4-6,10-11,16H,7-9H2,1-3H3,(H,17,18). The molecule has 1 atom stereocenters. The minimum Gasteiger partial charge on any atom is -0.489 e. The van der Waals surface area contributed by atoms with Gasteiger partial charge in [0.15, 0.2) is 5.75 Å². The zero-order valence-electron chi connectivity index (χ0n) is 11.8. The predicted octanol–water partition coefficient (Wildman–Crippen LogP) is 2.66. The van der Waals surface area contributed by atoms with Crippen LogP contribution >= 0.6 is 0 Å². The molecular formula is C15H22N2O2. The second-order valence-electron chi connectivity index (χ2n) is 5.46. The lowest BCUT2D eigenvalue weighted by atomic mass is 10.0. The molecule has 1 aliphatic heterocycles. The van der Waals surface area contributed by atoms with Crippen molar-refractivity contribution in [3.8, 4) is 5.75 Å². The van der Waals surface area contributed by atoms with E-state index in [1.807, 2.05) is 25.1 Å². The minimum atomic E-state index is -0.0614. The van der Waals surface area contributed by atoms with E-state index >= 15 is 0 Å². The van der Waals surface area contributed by atoms with Gasteiger partial charge in [-0.2, -0.15) is 0 Å². The molecule has 1 aromatic rings. The smallest absolute Gasteiger partial charge is 0.255 e. The van der Waals surface area contributed by atoms with E-state index in [2.05, 4.69) is 24.5 Å². The van der Waals surface area contributed by atoms with E-state index in [0.29, 0.717) is 23.8 Å². The maximum atomic E-state index is 12.3. The third kappa shape index (κ3) is 3.40. The van der Waals surface area contributed by atoms with Gasteiger partial charge in [-0.05, 0) is 31.4 Å². The van der Waals surface area contributed by atoms with Crippen LogP contribution in [0.25, 0.3) is 0 Å². The van der Waals surface area contributed by atoms with Gasteiger partial charge in [0.05, 0.1) is 11.3 Å². The molecule has 4 nitrogen and oxygen atoms in total. The summed E-state index contributed by atoms with van der Waals surface area (Å²) >= 11 is 0. The third-order valence-electron chi connectivity index (χ3n) is 3.13. The molecule has 2 N–H and O–H groups in total. The van der Waals surface area contributed by atoms with Crippen molar-refractivity contribution in [2.24, 2.45) is 5.92 Å². The fraction of sp³-hybridized carbons (Fsp3) is 0.533. The second kappa shape index (κ2) is 5.95. The lowest BCUT2D eigenvalue weighted by Gasteiger charge is -2.22. The van der Waals surface area contributed by atoms with E-state index in [4.69, 9.17) is 4.74 Å². The van der Waals surface area contributed by atoms with E-state index in [1.165, 1.54) is 0 Å². The van der Waals surface area contributed by atoms with Gasteiger partial charge in [0.1, 0.15) is 6.61 Å². The lowest BCUT2D eigenvalue weighted by Crippen LogP contribution is -2.34. The molecule has 1 aromatic carbocycles. The number of anilines is 1. The van der Waals surface area contributed by atoms with Gasteiger partial charge in [-0.25, -0.2) is 0 Å². The largest absolute Gasteiger partial charge is 0.489 e. The maximum absolute atomic E-state index is 12.3. The van der Waals surface area contributed by atoms with Gasteiger partial charge in [0.2, 0.25) is 0 Å². The SMILES string of the molecule is CC(C)CC(C)NC(=O)c1cccc2c1OCCN2. The van der Waals surface area contributed by atoms with E-state index in [-0.39, 0.29) is 11.9 Å². The molecule has 104 valence electrons. The minimum absolute atomic E-state index is 0.0614. The Balaban J connectivity index is 2.11. The molecule has 0 bridgehead atoms. The van der Waals surface area contributed by atoms with Gasteiger partial charge in [0.25, 0.3) is 5.91 Å². The predicted molar refractivity (Wildman–Crippen MR) is 76.8 cm³/mol. The van der Waals surface area contributed by atoms with Crippen molar-refractivity contribution in [1.82, 2.24) is 5.32 Å². The van der Waals surface area contributed by atoms with Gasteiger partial charge in [0, 0.05) is 12.6 Å². The highest BCUT2D eigenvalue weighted by Gasteiger charge is 2.20. The number of carbonyl (C=O) groups is 1. The van der Waals surface area contributed by atoms with Crippen LogP contribution in [0.4, 0.5) is 5.69 Å². The van der Waals surface area contributed by atoms with Crippen LogP contribution in [0.15, 0.2) is 18.2 Å². The summed E-state index contributed by atoms with van der Waals surface area (Å²) in [5, 5.41) is 6.27. The quantitative estimate of drug-likeness (QED) is 0.877. The number of carbonyl (C=O) groups excluding carboxylic acids is 1. The number of nitrogens with one attached hydrogen (secondary N) is 2. The fourth-order valence-corrected chi connectivity index (χ4v) is 2.42. The molecule has 0 saturated heterocycles. The number of para-hydroxylation sites is 1. The molecule has 0 aliphatic carbocycles. The Kier molecular flexibility index (Phi) is 4.30. The highest BCUT2D eigenvalue weighted by atomic mass is 16.5. The highest BCUT2D eigenvalue weighted by Crippen LogP contribution is 2.31. The summed E-state index contributed by atoms with van der Waals surface area (Å²) in [4.78, 5) is 12.3. The van der Waals surface area contributed by atoms with E-state index in [9.17, 15) is 4.79 Å². The zero-order chi connectivity index (χ0) is 13.8. The van der Waals surface area contributed by atoms with Crippen molar-refractivity contribution in [3.05, 3.63) is 23.8 Å². The highest BCUT2D eigenvalue weighted by molar-refractivity contribution is 5.99. The topological polar surface area (TPSA) is 50.4 Å². The molecule has 0 aromatic heterocycles. The maximum Gasteiger partial charge on any atom is 0.255 e. The van der Waals surface area contributed by atoms with Crippen LogP contribution in [0.3, 0.4) is 0 Å². The average Bonchev–Trinajstić information content (AvgIpc) is 2.36. The third-order valence-corrected chi connectivity index (χ3v) is 3.13. The van der Waals surface area contributed by atoms with Crippen molar-refractivity contribution in [2.75, 3.05) is 18.5 Å². The molecule has 0 spiro atoms. The molecule has 1 unspecified atom stereocenters. The number of hydrogen-bond donors (Lipinski definition) is 2. The lowest BCUT2D eigenvalue weighted by molar-refractivity contribution is 0.0932. The number of amides is 1. The normalized spacial score (nSPS) is 15.2. The van der Waals surface area contributed by atoms with Crippen molar-refractivity contribution in [1.29, 1.82) is 0 Å². The Morgan fingerprint density at radius 3 is 2.95 bits per heavy atom. The molecule has 4 heteroatoms. The summed E-state index contributed by atoms with van der Waals surface area (Å²) in [6.45, 7) is 7.72. The second-order valence-corrected chi connectivity index (χ2v) is 5.46. The number of ether oxygens (including phenoxy) is 1. The summed E-state index contributed by atoms with van der Waals surface area (Å²) in [5.74, 6) is 1.18. The number of hydrogen-bond acceptors (Lipinski definition) is 3.